The van der Waals surface area contributed by atoms with Crippen LogP contribution in [-0.4, -0.2) is 54.8 Å². The van der Waals surface area contributed by atoms with E-state index in [2.05, 4.69) is 45.8 Å². The van der Waals surface area contributed by atoms with E-state index in [1.54, 1.807) is 21.3 Å². The van der Waals surface area contributed by atoms with Crippen molar-refractivity contribution < 1.29 is 17.4 Å². The van der Waals surface area contributed by atoms with Crippen LogP contribution >= 0.6 is 0 Å². The van der Waals surface area contributed by atoms with E-state index >= 15 is 0 Å². The average molecular weight is 355 g/mol. The van der Waals surface area contributed by atoms with Gasteiger partial charge in [-0.15, -0.1) is 0 Å². The van der Waals surface area contributed by atoms with Gasteiger partial charge in [0, 0.05) is 35.1 Å². The standard InChI is InChI=1S/C12H34O4Si4/c1-13-20(14-2,15-3)12-19(9,10)16-18(7,8)11-17(4,5)6/h11-12H2,1-10H3. The summed E-state index contributed by atoms with van der Waals surface area (Å²) in [6.07, 6.45) is 0. The molecule has 0 aliphatic rings. The van der Waals surface area contributed by atoms with E-state index < -0.39 is 33.5 Å². The number of hydrogen-bond acceptors (Lipinski definition) is 4. The van der Waals surface area contributed by atoms with Gasteiger partial charge in [0.2, 0.25) is 0 Å². The molecule has 0 saturated heterocycles. The summed E-state index contributed by atoms with van der Waals surface area (Å²) < 4.78 is 23.4. The molecule has 122 valence electrons. The fraction of sp³-hybridized carbons (Fsp3) is 1.00. The molecule has 0 spiro atoms. The Bertz CT molecular complexity index is 290. The van der Waals surface area contributed by atoms with Gasteiger partial charge in [0.1, 0.15) is 0 Å². The first-order valence-corrected chi connectivity index (χ1v) is 19.0. The van der Waals surface area contributed by atoms with Crippen LogP contribution in [0.4, 0.5) is 0 Å². The van der Waals surface area contributed by atoms with Crippen molar-refractivity contribution >= 4 is 33.5 Å². The second-order valence-corrected chi connectivity index (χ2v) is 26.2. The summed E-state index contributed by atoms with van der Waals surface area (Å²) in [5.41, 5.74) is 2.10. The minimum atomic E-state index is -2.54. The molecule has 4 nitrogen and oxygen atoms in total. The highest BCUT2D eigenvalue weighted by Gasteiger charge is 2.47. The van der Waals surface area contributed by atoms with E-state index in [0.29, 0.717) is 0 Å². The minimum absolute atomic E-state index is 0.811. The molecule has 8 heteroatoms. The van der Waals surface area contributed by atoms with Crippen LogP contribution in [0.15, 0.2) is 0 Å². The SMILES string of the molecule is CO[Si](C[Si](C)(C)O[Si](C)(C)C[Si](C)(C)C)(OC)OC. The molecular weight excluding hydrogens is 320 g/mol. The molecule has 0 fully saturated rings. The zero-order valence-electron chi connectivity index (χ0n) is 15.0. The van der Waals surface area contributed by atoms with Crippen molar-refractivity contribution in [2.75, 3.05) is 21.3 Å². The van der Waals surface area contributed by atoms with E-state index in [0.717, 1.165) is 5.67 Å². The molecule has 0 saturated carbocycles. The second-order valence-electron chi connectivity index (χ2n) is 7.83. The van der Waals surface area contributed by atoms with E-state index in [1.807, 2.05) is 0 Å². The fourth-order valence-electron chi connectivity index (χ4n) is 3.09. The highest BCUT2D eigenvalue weighted by Crippen LogP contribution is 2.29. The van der Waals surface area contributed by atoms with Crippen LogP contribution in [-0.2, 0) is 17.4 Å². The van der Waals surface area contributed by atoms with E-state index in [4.69, 9.17) is 17.4 Å². The normalized spacial score (nSPS) is 14.7. The van der Waals surface area contributed by atoms with Crippen molar-refractivity contribution in [3.63, 3.8) is 0 Å². The zero-order valence-corrected chi connectivity index (χ0v) is 19.0. The molecule has 0 aromatic rings. The number of hydrogen-bond donors (Lipinski definition) is 0. The third-order valence-corrected chi connectivity index (χ3v) is 22.2. The van der Waals surface area contributed by atoms with Crippen molar-refractivity contribution in [2.24, 2.45) is 0 Å². The molecule has 0 N–H and O–H groups in total. The largest absolute Gasteiger partial charge is 0.499 e. The first kappa shape index (κ1) is 20.7. The van der Waals surface area contributed by atoms with Gasteiger partial charge in [-0.25, -0.2) is 0 Å². The van der Waals surface area contributed by atoms with E-state index in [-0.39, 0.29) is 0 Å². The van der Waals surface area contributed by atoms with Crippen LogP contribution in [0.5, 0.6) is 0 Å². The number of rotatable bonds is 9. The van der Waals surface area contributed by atoms with Gasteiger partial charge in [-0.1, -0.05) is 19.6 Å². The summed E-state index contributed by atoms with van der Waals surface area (Å²) in [6, 6.07) is 0. The molecule has 0 rings (SSSR count). The van der Waals surface area contributed by atoms with Crippen molar-refractivity contribution in [3.8, 4) is 0 Å². The van der Waals surface area contributed by atoms with Crippen LogP contribution < -0.4 is 0 Å². The molecule has 0 aromatic carbocycles. The molecule has 0 atom stereocenters. The van der Waals surface area contributed by atoms with E-state index in [1.165, 1.54) is 5.67 Å². The van der Waals surface area contributed by atoms with Gasteiger partial charge in [0.05, 0.1) is 0 Å². The third kappa shape index (κ3) is 7.64. The highest BCUT2D eigenvalue weighted by atomic mass is 28.5. The third-order valence-electron chi connectivity index (χ3n) is 3.08. The van der Waals surface area contributed by atoms with Gasteiger partial charge in [-0.3, -0.25) is 0 Å². The first-order chi connectivity index (χ1) is 8.80. The molecule has 0 bridgehead atoms. The Kier molecular flexibility index (Phi) is 7.57. The predicted molar refractivity (Wildman–Crippen MR) is 95.8 cm³/mol. The summed E-state index contributed by atoms with van der Waals surface area (Å²) in [4.78, 5) is 0. The lowest BCUT2D eigenvalue weighted by atomic mass is 11.7. The molecule has 20 heavy (non-hydrogen) atoms. The van der Waals surface area contributed by atoms with Crippen LogP contribution in [0.1, 0.15) is 0 Å². The van der Waals surface area contributed by atoms with Gasteiger partial charge in [-0.05, 0) is 31.9 Å². The Morgan fingerprint density at radius 1 is 0.600 bits per heavy atom. The molecule has 0 unspecified atom stereocenters. The van der Waals surface area contributed by atoms with Crippen molar-refractivity contribution in [1.82, 2.24) is 0 Å². The van der Waals surface area contributed by atoms with Crippen molar-refractivity contribution in [2.45, 2.75) is 57.2 Å². The van der Waals surface area contributed by atoms with E-state index in [9.17, 15) is 0 Å². The monoisotopic (exact) mass is 354 g/mol. The Labute approximate surface area is 129 Å². The van der Waals surface area contributed by atoms with Crippen molar-refractivity contribution in [1.29, 1.82) is 0 Å². The molecule has 0 aliphatic heterocycles. The molecule has 0 amide bonds. The summed E-state index contributed by atoms with van der Waals surface area (Å²) in [6.45, 7) is 16.4. The molecular formula is C12H34O4Si4. The summed E-state index contributed by atoms with van der Waals surface area (Å²) in [7, 11) is -2.11. The van der Waals surface area contributed by atoms with Gasteiger partial charge in [0.25, 0.3) is 0 Å². The molecule has 0 heterocycles. The predicted octanol–water partition coefficient (Wildman–Crippen LogP) is 3.71. The Morgan fingerprint density at radius 2 is 0.950 bits per heavy atom. The van der Waals surface area contributed by atoms with Gasteiger partial charge in [-0.2, -0.15) is 0 Å². The van der Waals surface area contributed by atoms with Crippen LogP contribution in [0.25, 0.3) is 0 Å². The van der Waals surface area contributed by atoms with Gasteiger partial charge < -0.3 is 17.4 Å². The zero-order chi connectivity index (χ0) is 16.2. The topological polar surface area (TPSA) is 36.9 Å². The first-order valence-electron chi connectivity index (χ1n) is 7.16. The van der Waals surface area contributed by atoms with Gasteiger partial charge >= 0.3 is 8.80 Å². The summed E-state index contributed by atoms with van der Waals surface area (Å²) >= 11 is 0. The Morgan fingerprint density at radius 3 is 1.25 bits per heavy atom. The van der Waals surface area contributed by atoms with Crippen LogP contribution in [0.2, 0.25) is 57.2 Å². The maximum atomic E-state index is 6.67. The smallest absolute Gasteiger partial charge is 0.456 e. The summed E-state index contributed by atoms with van der Waals surface area (Å²) in [5, 5.41) is 0. The molecule has 0 aromatic heterocycles. The highest BCUT2D eigenvalue weighted by molar-refractivity contribution is 6.97. The lowest BCUT2D eigenvalue weighted by Crippen LogP contribution is -2.55. The quantitative estimate of drug-likeness (QED) is 0.592. The Hall–Kier alpha value is 0.708. The molecule has 0 aliphatic carbocycles. The maximum absolute atomic E-state index is 6.67. The van der Waals surface area contributed by atoms with Crippen LogP contribution in [0, 0.1) is 0 Å². The summed E-state index contributed by atoms with van der Waals surface area (Å²) in [5.74, 6) is 0. The minimum Gasteiger partial charge on any atom is -0.456 e. The van der Waals surface area contributed by atoms with Crippen LogP contribution in [0.3, 0.4) is 0 Å². The molecule has 0 radical (unpaired) electrons. The maximum Gasteiger partial charge on any atom is 0.499 e. The Balaban J connectivity index is 4.89. The average Bonchev–Trinajstić information content (AvgIpc) is 2.20. The lowest BCUT2D eigenvalue weighted by Gasteiger charge is -2.39. The second kappa shape index (κ2) is 7.31. The van der Waals surface area contributed by atoms with Crippen molar-refractivity contribution in [3.05, 3.63) is 0 Å². The fourth-order valence-corrected chi connectivity index (χ4v) is 27.6. The lowest BCUT2D eigenvalue weighted by molar-refractivity contribution is 0.127. The van der Waals surface area contributed by atoms with Gasteiger partial charge in [0.15, 0.2) is 16.6 Å².